The topological polar surface area (TPSA) is 63.3 Å². The van der Waals surface area contributed by atoms with Crippen molar-refractivity contribution in [3.05, 3.63) is 69.7 Å². The van der Waals surface area contributed by atoms with E-state index in [0.717, 1.165) is 17.5 Å². The Morgan fingerprint density at radius 3 is 2.50 bits per heavy atom. The molecule has 1 saturated heterocycles. The molecule has 0 unspecified atom stereocenters. The number of epoxide rings is 1. The number of nitrogens with zero attached hydrogens (tertiary/aromatic N) is 2. The van der Waals surface area contributed by atoms with Gasteiger partial charge in [0.1, 0.15) is 11.7 Å². The molecular weight excluding hydrogens is 365 g/mol. The van der Waals surface area contributed by atoms with Gasteiger partial charge in [0.15, 0.2) is 0 Å². The van der Waals surface area contributed by atoms with Gasteiger partial charge in [-0.15, -0.1) is 0 Å². The first-order chi connectivity index (χ1) is 11.6. The Kier molecular flexibility index (Phi) is 5.06. The van der Waals surface area contributed by atoms with Gasteiger partial charge in [-0.3, -0.25) is 4.99 Å². The molecule has 1 aliphatic heterocycles. The van der Waals surface area contributed by atoms with Crippen molar-refractivity contribution in [1.29, 1.82) is 0 Å². The first-order valence-electron chi connectivity index (χ1n) is 7.21. The van der Waals surface area contributed by atoms with Crippen LogP contribution in [-0.2, 0) is 23.0 Å². The summed E-state index contributed by atoms with van der Waals surface area (Å²) in [6.45, 7) is 0.281. The number of rotatable bonds is 4. The Morgan fingerprint density at radius 2 is 1.83 bits per heavy atom. The van der Waals surface area contributed by atoms with Crippen molar-refractivity contribution in [3.63, 3.8) is 0 Å². The van der Waals surface area contributed by atoms with E-state index in [1.54, 1.807) is 0 Å². The molecule has 0 saturated carbocycles. The highest BCUT2D eigenvalue weighted by Crippen LogP contribution is 2.59. The maximum Gasteiger partial charge on any atom is 0.145 e. The van der Waals surface area contributed by atoms with Crippen LogP contribution in [0.4, 0.5) is 0 Å². The Balaban J connectivity index is 2.00. The van der Waals surface area contributed by atoms with Gasteiger partial charge in [0.2, 0.25) is 0 Å². The predicted molar refractivity (Wildman–Crippen MR) is 101 cm³/mol. The van der Waals surface area contributed by atoms with Gasteiger partial charge in [-0.25, -0.2) is 4.99 Å². The van der Waals surface area contributed by atoms with E-state index in [1.807, 2.05) is 48.5 Å². The summed E-state index contributed by atoms with van der Waals surface area (Å²) in [5.74, 6) is 0. The van der Waals surface area contributed by atoms with Gasteiger partial charge in [-0.05, 0) is 12.1 Å². The molecule has 4 nitrogen and oxygen atoms in total. The number of ether oxygens (including phenoxy) is 1. The second kappa shape index (κ2) is 7.07. The lowest BCUT2D eigenvalue weighted by atomic mass is 9.91. The Hall–Kier alpha value is -1.66. The van der Waals surface area contributed by atoms with Crippen molar-refractivity contribution in [3.8, 4) is 0 Å². The second-order valence-electron chi connectivity index (χ2n) is 5.27. The van der Waals surface area contributed by atoms with E-state index < -0.39 is 5.60 Å². The van der Waals surface area contributed by atoms with E-state index in [4.69, 9.17) is 46.3 Å². The maximum absolute atomic E-state index is 6.38. The van der Waals surface area contributed by atoms with Crippen molar-refractivity contribution in [1.82, 2.24) is 0 Å². The van der Waals surface area contributed by atoms with Crippen molar-refractivity contribution in [2.75, 3.05) is 6.54 Å². The van der Waals surface area contributed by atoms with E-state index in [1.165, 1.54) is 0 Å². The number of halogens is 2. The van der Waals surface area contributed by atoms with E-state index in [0.29, 0.717) is 10.0 Å². The van der Waals surface area contributed by atoms with Crippen molar-refractivity contribution < 1.29 is 4.74 Å². The smallest absolute Gasteiger partial charge is 0.145 e. The third kappa shape index (κ3) is 3.26. The monoisotopic (exact) mass is 378 g/mol. The van der Waals surface area contributed by atoms with Crippen molar-refractivity contribution >= 4 is 47.3 Å². The Morgan fingerprint density at radius 1 is 1.17 bits per heavy atom. The molecule has 2 aromatic rings. The van der Waals surface area contributed by atoms with Gasteiger partial charge in [0.25, 0.3) is 0 Å². The fourth-order valence-electron chi connectivity index (χ4n) is 2.68. The average molecular weight is 379 g/mol. The zero-order valence-electron chi connectivity index (χ0n) is 12.5. The SMILES string of the molecule is N/C=N\C([S-])=NC[C@]1(c2ccccc2Cl)O[C@@H]1c1ccccc1Cl. The van der Waals surface area contributed by atoms with Crippen LogP contribution in [-0.4, -0.2) is 18.1 Å². The van der Waals surface area contributed by atoms with Gasteiger partial charge >= 0.3 is 0 Å². The summed E-state index contributed by atoms with van der Waals surface area (Å²) in [5.41, 5.74) is 6.28. The third-order valence-electron chi connectivity index (χ3n) is 3.85. The van der Waals surface area contributed by atoms with Crippen LogP contribution >= 0.6 is 23.2 Å². The fraction of sp³-hybridized carbons (Fsp3) is 0.176. The summed E-state index contributed by atoms with van der Waals surface area (Å²) in [7, 11) is 0. The molecule has 2 atom stereocenters. The van der Waals surface area contributed by atoms with E-state index in [2.05, 4.69) is 9.98 Å². The molecule has 2 aromatic carbocycles. The maximum atomic E-state index is 6.38. The van der Waals surface area contributed by atoms with Gasteiger partial charge < -0.3 is 23.1 Å². The average Bonchev–Trinajstić information content (AvgIpc) is 3.29. The van der Waals surface area contributed by atoms with Crippen molar-refractivity contribution in [2.45, 2.75) is 11.7 Å². The van der Waals surface area contributed by atoms with Crippen molar-refractivity contribution in [2.24, 2.45) is 15.7 Å². The zero-order valence-corrected chi connectivity index (χ0v) is 14.9. The number of aliphatic imine (C=N–C) groups is 2. The predicted octanol–water partition coefficient (Wildman–Crippen LogP) is 3.85. The van der Waals surface area contributed by atoms with E-state index in [-0.39, 0.29) is 17.8 Å². The van der Waals surface area contributed by atoms with Gasteiger partial charge in [0.05, 0.1) is 12.9 Å². The summed E-state index contributed by atoms with van der Waals surface area (Å²) < 4.78 is 6.06. The van der Waals surface area contributed by atoms with Crippen LogP contribution < -0.4 is 5.73 Å². The molecule has 1 aliphatic rings. The summed E-state index contributed by atoms with van der Waals surface area (Å²) in [5, 5.41) is 1.41. The molecular formula is C17H14Cl2N3OS-. The first-order valence-corrected chi connectivity index (χ1v) is 8.38. The van der Waals surface area contributed by atoms with Crippen LogP contribution in [0.2, 0.25) is 10.0 Å². The summed E-state index contributed by atoms with van der Waals surface area (Å²) in [4.78, 5) is 8.09. The summed E-state index contributed by atoms with van der Waals surface area (Å²) >= 11 is 17.8. The molecule has 0 spiro atoms. The Bertz CT molecular complexity index is 812. The van der Waals surface area contributed by atoms with E-state index >= 15 is 0 Å². The molecule has 0 bridgehead atoms. The number of amidine groups is 1. The van der Waals surface area contributed by atoms with Gasteiger partial charge in [0, 0.05) is 26.3 Å². The molecule has 0 amide bonds. The number of hydrogen-bond donors (Lipinski definition) is 1. The largest absolute Gasteiger partial charge is 0.741 e. The highest BCUT2D eigenvalue weighted by molar-refractivity contribution is 7.77. The lowest BCUT2D eigenvalue weighted by molar-refractivity contribution is 0.302. The highest BCUT2D eigenvalue weighted by Gasteiger charge is 2.59. The number of nitrogens with two attached hydrogens (primary N) is 1. The highest BCUT2D eigenvalue weighted by atomic mass is 35.5. The molecule has 3 rings (SSSR count). The van der Waals surface area contributed by atoms with Gasteiger partial charge in [-0.1, -0.05) is 59.6 Å². The first kappa shape index (κ1) is 17.2. The number of benzene rings is 2. The van der Waals surface area contributed by atoms with Crippen LogP contribution in [0.1, 0.15) is 17.2 Å². The van der Waals surface area contributed by atoms with Crippen LogP contribution in [0.15, 0.2) is 58.5 Å². The van der Waals surface area contributed by atoms with E-state index in [9.17, 15) is 0 Å². The third-order valence-corrected chi connectivity index (χ3v) is 4.75. The molecule has 7 heteroatoms. The molecule has 124 valence electrons. The second-order valence-corrected chi connectivity index (χ2v) is 6.45. The minimum atomic E-state index is -0.711. The van der Waals surface area contributed by atoms with Crippen LogP contribution in [0.5, 0.6) is 0 Å². The molecule has 0 aliphatic carbocycles. The van der Waals surface area contributed by atoms with Crippen LogP contribution in [0.3, 0.4) is 0 Å². The minimum absolute atomic E-state index is 0.164. The zero-order chi connectivity index (χ0) is 17.2. The molecule has 24 heavy (non-hydrogen) atoms. The quantitative estimate of drug-likeness (QED) is 0.380. The standard InChI is InChI=1S/C17H15Cl2N3OS/c18-13-7-3-1-5-11(13)15-17(23-15,9-21-16(24)22-10-20)12-6-2-4-8-14(12)19/h1-8,10,15H,9H2,(H3,20,21,22,24)/p-1/t15-,17-/m1/s1. The summed E-state index contributed by atoms with van der Waals surface area (Å²) in [6.07, 6.45) is 0.868. The number of hydrogen-bond acceptors (Lipinski definition) is 3. The normalized spacial score (nSPS) is 23.6. The van der Waals surface area contributed by atoms with Gasteiger partial charge in [-0.2, -0.15) is 0 Å². The Labute approximate surface area is 155 Å². The molecule has 0 radical (unpaired) electrons. The van der Waals surface area contributed by atoms with Crippen LogP contribution in [0, 0.1) is 0 Å². The molecule has 1 fully saturated rings. The fourth-order valence-corrected chi connectivity index (χ4v) is 3.34. The lowest BCUT2D eigenvalue weighted by Gasteiger charge is -2.15. The lowest BCUT2D eigenvalue weighted by Crippen LogP contribution is -2.16. The summed E-state index contributed by atoms with van der Waals surface area (Å²) in [6, 6.07) is 15.1. The molecule has 2 N–H and O–H groups in total. The molecule has 0 aromatic heterocycles. The molecule has 1 heterocycles. The minimum Gasteiger partial charge on any atom is -0.741 e. The van der Waals surface area contributed by atoms with Crippen LogP contribution in [0.25, 0.3) is 0 Å².